The maximum atomic E-state index is 4.13. The van der Waals surface area contributed by atoms with E-state index in [1.54, 1.807) is 12.7 Å². The van der Waals surface area contributed by atoms with E-state index in [1.807, 2.05) is 16.0 Å². The lowest BCUT2D eigenvalue weighted by Crippen LogP contribution is -2.12. The molecule has 5 heteroatoms. The van der Waals surface area contributed by atoms with E-state index in [1.165, 1.54) is 21.7 Å². The van der Waals surface area contributed by atoms with Crippen LogP contribution in [0.1, 0.15) is 28.7 Å². The average Bonchev–Trinajstić information content (AvgIpc) is 2.91. The Kier molecular flexibility index (Phi) is 4.28. The summed E-state index contributed by atoms with van der Waals surface area (Å²) >= 11 is 1.86. The monoisotopic (exact) mass is 250 g/mol. The third-order valence-corrected chi connectivity index (χ3v) is 3.69. The van der Waals surface area contributed by atoms with Gasteiger partial charge in [0.2, 0.25) is 0 Å². The predicted molar refractivity (Wildman–Crippen MR) is 70.2 cm³/mol. The quantitative estimate of drug-likeness (QED) is 0.799. The van der Waals surface area contributed by atoms with Crippen LogP contribution >= 0.6 is 11.3 Å². The number of hydrogen-bond donors (Lipinski definition) is 1. The summed E-state index contributed by atoms with van der Waals surface area (Å²) in [7, 11) is 0. The molecule has 0 fully saturated rings. The number of hydrogen-bond acceptors (Lipinski definition) is 4. The van der Waals surface area contributed by atoms with Crippen LogP contribution in [0, 0.1) is 6.92 Å². The van der Waals surface area contributed by atoms with Gasteiger partial charge in [-0.1, -0.05) is 6.92 Å². The van der Waals surface area contributed by atoms with Crippen LogP contribution in [0.4, 0.5) is 0 Å². The van der Waals surface area contributed by atoms with Gasteiger partial charge in [0.25, 0.3) is 0 Å². The highest BCUT2D eigenvalue weighted by molar-refractivity contribution is 7.12. The van der Waals surface area contributed by atoms with Gasteiger partial charge in [0, 0.05) is 16.3 Å². The number of nitrogens with one attached hydrogen (secondary N) is 1. The lowest BCUT2D eigenvalue weighted by atomic mass is 10.2. The van der Waals surface area contributed by atoms with Gasteiger partial charge in [0.05, 0.1) is 6.54 Å². The molecule has 2 aromatic rings. The van der Waals surface area contributed by atoms with Crippen LogP contribution in [0.25, 0.3) is 0 Å². The van der Waals surface area contributed by atoms with Crippen molar-refractivity contribution in [2.45, 2.75) is 33.4 Å². The number of nitrogens with zero attached hydrogens (tertiary/aromatic N) is 3. The zero-order valence-corrected chi connectivity index (χ0v) is 11.1. The second-order valence-electron chi connectivity index (χ2n) is 4.06. The first-order valence-electron chi connectivity index (χ1n) is 5.91. The van der Waals surface area contributed by atoms with Crippen molar-refractivity contribution in [1.82, 2.24) is 20.1 Å². The van der Waals surface area contributed by atoms with Gasteiger partial charge < -0.3 is 5.32 Å². The molecule has 0 radical (unpaired) electrons. The summed E-state index contributed by atoms with van der Waals surface area (Å²) in [4.78, 5) is 6.72. The lowest BCUT2D eigenvalue weighted by Gasteiger charge is -1.99. The highest BCUT2D eigenvalue weighted by Gasteiger charge is 2.06. The van der Waals surface area contributed by atoms with Crippen LogP contribution in [-0.2, 0) is 13.1 Å². The Balaban J connectivity index is 1.98. The van der Waals surface area contributed by atoms with Crippen LogP contribution in [0.3, 0.4) is 0 Å². The van der Waals surface area contributed by atoms with E-state index < -0.39 is 0 Å². The fraction of sp³-hybridized carbons (Fsp3) is 0.500. The summed E-state index contributed by atoms with van der Waals surface area (Å²) in [5.74, 6) is 0. The summed E-state index contributed by atoms with van der Waals surface area (Å²) in [6.45, 7) is 7.21. The van der Waals surface area contributed by atoms with Gasteiger partial charge in [-0.05, 0) is 31.5 Å². The van der Waals surface area contributed by atoms with Crippen molar-refractivity contribution >= 4 is 11.3 Å². The van der Waals surface area contributed by atoms with E-state index >= 15 is 0 Å². The number of rotatable bonds is 6. The van der Waals surface area contributed by atoms with Crippen molar-refractivity contribution in [1.29, 1.82) is 0 Å². The summed E-state index contributed by atoms with van der Waals surface area (Å²) in [5.41, 5.74) is 1.34. The molecule has 0 saturated heterocycles. The van der Waals surface area contributed by atoms with Gasteiger partial charge >= 0.3 is 0 Å². The van der Waals surface area contributed by atoms with E-state index in [0.717, 1.165) is 19.6 Å². The van der Waals surface area contributed by atoms with Gasteiger partial charge in [-0.3, -0.25) is 0 Å². The smallest absolute Gasteiger partial charge is 0.137 e. The number of aromatic nitrogens is 3. The normalized spacial score (nSPS) is 10.9. The largest absolute Gasteiger partial charge is 0.312 e. The standard InChI is InChI=1S/C12H18N4S/c1-3-4-13-6-12-5-11(10(2)17-12)7-16-9-14-8-15-16/h5,8-9,13H,3-4,6-7H2,1-2H3. The highest BCUT2D eigenvalue weighted by atomic mass is 32.1. The van der Waals surface area contributed by atoms with Gasteiger partial charge in [-0.15, -0.1) is 11.3 Å². The van der Waals surface area contributed by atoms with E-state index in [9.17, 15) is 0 Å². The Bertz CT molecular complexity index is 447. The molecule has 92 valence electrons. The van der Waals surface area contributed by atoms with Crippen molar-refractivity contribution in [2.75, 3.05) is 6.54 Å². The van der Waals surface area contributed by atoms with Crippen molar-refractivity contribution in [3.05, 3.63) is 34.0 Å². The van der Waals surface area contributed by atoms with Gasteiger partial charge in [-0.25, -0.2) is 9.67 Å². The van der Waals surface area contributed by atoms with Gasteiger partial charge in [0.15, 0.2) is 0 Å². The first kappa shape index (κ1) is 12.3. The highest BCUT2D eigenvalue weighted by Crippen LogP contribution is 2.22. The van der Waals surface area contributed by atoms with Crippen LogP contribution in [0.5, 0.6) is 0 Å². The molecule has 4 nitrogen and oxygen atoms in total. The maximum Gasteiger partial charge on any atom is 0.137 e. The number of thiophene rings is 1. The topological polar surface area (TPSA) is 42.7 Å². The second-order valence-corrected chi connectivity index (χ2v) is 5.40. The Morgan fingerprint density at radius 2 is 2.35 bits per heavy atom. The van der Waals surface area contributed by atoms with Crippen LogP contribution in [0.2, 0.25) is 0 Å². The molecule has 0 aliphatic carbocycles. The molecule has 0 aromatic carbocycles. The molecule has 0 amide bonds. The summed E-state index contributed by atoms with van der Waals surface area (Å²) in [5, 5.41) is 7.56. The van der Waals surface area contributed by atoms with Crippen molar-refractivity contribution in [3.8, 4) is 0 Å². The third-order valence-electron chi connectivity index (χ3n) is 2.60. The molecule has 0 spiro atoms. The fourth-order valence-corrected chi connectivity index (χ4v) is 2.73. The molecule has 0 aliphatic rings. The van der Waals surface area contributed by atoms with Crippen LogP contribution < -0.4 is 5.32 Å². The first-order chi connectivity index (χ1) is 8.29. The molecular formula is C12H18N4S. The minimum Gasteiger partial charge on any atom is -0.312 e. The molecule has 0 bridgehead atoms. The minimum absolute atomic E-state index is 0.816. The third kappa shape index (κ3) is 3.38. The van der Waals surface area contributed by atoms with Crippen molar-refractivity contribution in [2.24, 2.45) is 0 Å². The zero-order chi connectivity index (χ0) is 12.1. The molecule has 17 heavy (non-hydrogen) atoms. The molecular weight excluding hydrogens is 232 g/mol. The van der Waals surface area contributed by atoms with E-state index in [2.05, 4.69) is 35.3 Å². The zero-order valence-electron chi connectivity index (χ0n) is 10.3. The van der Waals surface area contributed by atoms with Crippen LogP contribution in [0.15, 0.2) is 18.7 Å². The molecule has 0 aliphatic heterocycles. The Hall–Kier alpha value is -1.20. The molecule has 0 saturated carbocycles. The van der Waals surface area contributed by atoms with Crippen molar-refractivity contribution < 1.29 is 0 Å². The predicted octanol–water partition coefficient (Wildman–Crippen LogP) is 2.20. The first-order valence-corrected chi connectivity index (χ1v) is 6.72. The fourth-order valence-electron chi connectivity index (χ4n) is 1.71. The molecule has 1 N–H and O–H groups in total. The Labute approximate surface area is 106 Å². The lowest BCUT2D eigenvalue weighted by molar-refractivity contribution is 0.675. The van der Waals surface area contributed by atoms with Gasteiger partial charge in [0.1, 0.15) is 12.7 Å². The maximum absolute atomic E-state index is 4.13. The summed E-state index contributed by atoms with van der Waals surface area (Å²) < 4.78 is 1.86. The van der Waals surface area contributed by atoms with E-state index in [-0.39, 0.29) is 0 Å². The van der Waals surface area contributed by atoms with E-state index in [4.69, 9.17) is 0 Å². The molecule has 2 aromatic heterocycles. The summed E-state index contributed by atoms with van der Waals surface area (Å²) in [6, 6.07) is 2.27. The number of aryl methyl sites for hydroxylation is 1. The molecule has 2 heterocycles. The van der Waals surface area contributed by atoms with E-state index in [0.29, 0.717) is 0 Å². The Morgan fingerprint density at radius 1 is 1.47 bits per heavy atom. The molecule has 0 unspecified atom stereocenters. The average molecular weight is 250 g/mol. The molecule has 0 atom stereocenters. The molecule has 2 rings (SSSR count). The Morgan fingerprint density at radius 3 is 3.06 bits per heavy atom. The second kappa shape index (κ2) is 5.93. The SMILES string of the molecule is CCCNCc1cc(Cn2cncn2)c(C)s1. The van der Waals surface area contributed by atoms with Gasteiger partial charge in [-0.2, -0.15) is 5.10 Å². The summed E-state index contributed by atoms with van der Waals surface area (Å²) in [6.07, 6.45) is 4.51. The van der Waals surface area contributed by atoms with Crippen LogP contribution in [-0.4, -0.2) is 21.3 Å². The minimum atomic E-state index is 0.816. The van der Waals surface area contributed by atoms with Crippen molar-refractivity contribution in [3.63, 3.8) is 0 Å².